The molecule has 0 fully saturated rings. The highest BCUT2D eigenvalue weighted by atomic mass is 79.9. The van der Waals surface area contributed by atoms with Gasteiger partial charge in [0.25, 0.3) is 0 Å². The van der Waals surface area contributed by atoms with Crippen molar-refractivity contribution < 1.29 is 9.22 Å². The average molecular weight is 383 g/mol. The Labute approximate surface area is 139 Å². The highest BCUT2D eigenvalue weighted by Gasteiger charge is 2.21. The monoisotopic (exact) mass is 382 g/mol. The van der Waals surface area contributed by atoms with Gasteiger partial charge >= 0.3 is 0 Å². The van der Waals surface area contributed by atoms with Gasteiger partial charge in [-0.25, -0.2) is 0 Å². The lowest BCUT2D eigenvalue weighted by Crippen LogP contribution is -2.28. The van der Waals surface area contributed by atoms with Gasteiger partial charge in [-0.2, -0.15) is 0 Å². The Balaban J connectivity index is 2.31. The van der Waals surface area contributed by atoms with Gasteiger partial charge in [-0.3, -0.25) is 4.79 Å². The van der Waals surface area contributed by atoms with Crippen molar-refractivity contribution in [1.82, 2.24) is 0 Å². The quantitative estimate of drug-likeness (QED) is 0.499. The lowest BCUT2D eigenvalue weighted by atomic mass is 9.94. The van der Waals surface area contributed by atoms with Crippen molar-refractivity contribution in [2.75, 3.05) is 6.61 Å². The van der Waals surface area contributed by atoms with Crippen molar-refractivity contribution >= 4 is 41.9 Å². The molecule has 0 bridgehead atoms. The minimum Gasteiger partial charge on any atom is -0.417 e. The second-order valence-corrected chi connectivity index (χ2v) is 12.3. The summed E-state index contributed by atoms with van der Waals surface area (Å²) in [4.78, 5) is 11.7. The minimum absolute atomic E-state index is 0.166. The van der Waals surface area contributed by atoms with Gasteiger partial charge in [0.15, 0.2) is 14.6 Å². The molecule has 112 valence electrons. The molecular weight excluding hydrogens is 364 g/mol. The molecule has 0 saturated heterocycles. The largest absolute Gasteiger partial charge is 0.417 e. The summed E-state index contributed by atoms with van der Waals surface area (Å²) in [5.74, 6) is 0.166. The topological polar surface area (TPSA) is 26.3 Å². The van der Waals surface area contributed by atoms with Crippen LogP contribution in [0.3, 0.4) is 0 Å². The van der Waals surface area contributed by atoms with E-state index < -0.39 is 8.32 Å². The number of hydrogen-bond donors (Lipinski definition) is 0. The number of hydrogen-bond acceptors (Lipinski definition) is 3. The van der Waals surface area contributed by atoms with E-state index in [0.717, 1.165) is 21.2 Å². The Morgan fingerprint density at radius 3 is 2.62 bits per heavy atom. The summed E-state index contributed by atoms with van der Waals surface area (Å²) in [5.41, 5.74) is 2.36. The highest BCUT2D eigenvalue weighted by molar-refractivity contribution is 9.10. The first-order chi connectivity index (χ1) is 9.89. The molecule has 0 aliphatic heterocycles. The molecule has 0 aliphatic rings. The van der Waals surface area contributed by atoms with Crippen LogP contribution in [-0.2, 0) is 4.43 Å². The summed E-state index contributed by atoms with van der Waals surface area (Å²) < 4.78 is 7.18. The molecule has 0 saturated carbocycles. The third kappa shape index (κ3) is 4.88. The summed E-state index contributed by atoms with van der Waals surface area (Å²) in [6, 6.07) is 10.3. The first-order valence-corrected chi connectivity index (χ1v) is 11.9. The molecule has 0 spiro atoms. The molecule has 0 radical (unpaired) electrons. The number of thiophene rings is 1. The van der Waals surface area contributed by atoms with Gasteiger partial charge in [-0.15, -0.1) is 11.3 Å². The van der Waals surface area contributed by atoms with Gasteiger partial charge in [0.2, 0.25) is 0 Å². The maximum Gasteiger partial charge on any atom is 0.183 e. The molecule has 5 heteroatoms. The van der Waals surface area contributed by atoms with Gasteiger partial charge in [-0.1, -0.05) is 28.1 Å². The predicted molar refractivity (Wildman–Crippen MR) is 95.0 cm³/mol. The van der Waals surface area contributed by atoms with Crippen LogP contribution >= 0.6 is 27.3 Å². The zero-order chi connectivity index (χ0) is 15.5. The summed E-state index contributed by atoms with van der Waals surface area (Å²) >= 11 is 5.01. The summed E-state index contributed by atoms with van der Waals surface area (Å²) in [5, 5.41) is 2.06. The SMILES string of the molecule is C[Si](C)(C)OCC(c1cccc(Br)c1)c1csc(C=O)c1. The van der Waals surface area contributed by atoms with Crippen molar-refractivity contribution in [3.8, 4) is 0 Å². The van der Waals surface area contributed by atoms with Crippen molar-refractivity contribution in [3.05, 3.63) is 56.2 Å². The van der Waals surface area contributed by atoms with Crippen molar-refractivity contribution in [1.29, 1.82) is 0 Å². The van der Waals surface area contributed by atoms with E-state index in [1.807, 2.05) is 18.2 Å². The summed E-state index contributed by atoms with van der Waals surface area (Å²) in [7, 11) is -1.58. The molecule has 1 heterocycles. The Kier molecular flexibility index (Phi) is 5.54. The van der Waals surface area contributed by atoms with E-state index in [-0.39, 0.29) is 5.92 Å². The van der Waals surface area contributed by atoms with E-state index in [0.29, 0.717) is 6.61 Å². The number of halogens is 1. The molecule has 0 amide bonds. The Morgan fingerprint density at radius 2 is 2.05 bits per heavy atom. The van der Waals surface area contributed by atoms with Crippen molar-refractivity contribution in [3.63, 3.8) is 0 Å². The van der Waals surface area contributed by atoms with E-state index in [9.17, 15) is 4.79 Å². The van der Waals surface area contributed by atoms with Crippen LogP contribution in [0.15, 0.2) is 40.2 Å². The lowest BCUT2D eigenvalue weighted by Gasteiger charge is -2.23. The van der Waals surface area contributed by atoms with Crippen LogP contribution in [0, 0.1) is 0 Å². The second-order valence-electron chi connectivity index (χ2n) is 5.93. The molecule has 1 atom stereocenters. The van der Waals surface area contributed by atoms with Crippen LogP contribution in [0.1, 0.15) is 26.7 Å². The molecule has 21 heavy (non-hydrogen) atoms. The lowest BCUT2D eigenvalue weighted by molar-refractivity contribution is 0.112. The number of aldehydes is 1. The minimum atomic E-state index is -1.58. The fraction of sp³-hybridized carbons (Fsp3) is 0.312. The van der Waals surface area contributed by atoms with Crippen LogP contribution in [0.4, 0.5) is 0 Å². The standard InChI is InChI=1S/C16H19BrO2SSi/c1-21(2,3)19-10-16(12-5-4-6-14(17)7-12)13-8-15(9-18)20-11-13/h4-9,11,16H,10H2,1-3H3. The van der Waals surface area contributed by atoms with Gasteiger partial charge < -0.3 is 4.43 Å². The van der Waals surface area contributed by atoms with E-state index in [2.05, 4.69) is 53.1 Å². The van der Waals surface area contributed by atoms with E-state index in [1.54, 1.807) is 0 Å². The number of benzene rings is 1. The molecule has 2 nitrogen and oxygen atoms in total. The van der Waals surface area contributed by atoms with Crippen molar-refractivity contribution in [2.45, 2.75) is 25.6 Å². The smallest absolute Gasteiger partial charge is 0.183 e. The van der Waals surface area contributed by atoms with Crippen LogP contribution in [-0.4, -0.2) is 21.2 Å². The Bertz CT molecular complexity index is 619. The molecule has 1 aromatic carbocycles. The van der Waals surface area contributed by atoms with E-state index in [1.165, 1.54) is 16.9 Å². The number of carbonyl (C=O) groups excluding carboxylic acids is 1. The van der Waals surface area contributed by atoms with Crippen LogP contribution in [0.25, 0.3) is 0 Å². The summed E-state index contributed by atoms with van der Waals surface area (Å²) in [6.45, 7) is 7.22. The van der Waals surface area contributed by atoms with Crippen LogP contribution < -0.4 is 0 Å². The fourth-order valence-electron chi connectivity index (χ4n) is 2.05. The van der Waals surface area contributed by atoms with Crippen LogP contribution in [0.2, 0.25) is 19.6 Å². The summed E-state index contributed by atoms with van der Waals surface area (Å²) in [6.07, 6.45) is 0.908. The second kappa shape index (κ2) is 7.00. The molecular formula is C16H19BrO2SSi. The molecule has 1 aromatic heterocycles. The first kappa shape index (κ1) is 16.6. The van der Waals surface area contributed by atoms with E-state index in [4.69, 9.17) is 4.43 Å². The van der Waals surface area contributed by atoms with Crippen molar-refractivity contribution in [2.24, 2.45) is 0 Å². The van der Waals surface area contributed by atoms with Gasteiger partial charge in [0.05, 0.1) is 4.88 Å². The molecule has 1 unspecified atom stereocenters. The first-order valence-electron chi connectivity index (χ1n) is 6.82. The van der Waals surface area contributed by atoms with Gasteiger partial charge in [0.1, 0.15) is 0 Å². The zero-order valence-electron chi connectivity index (χ0n) is 12.4. The van der Waals surface area contributed by atoms with E-state index >= 15 is 0 Å². The predicted octanol–water partition coefficient (Wildman–Crippen LogP) is 5.31. The van der Waals surface area contributed by atoms with Crippen LogP contribution in [0.5, 0.6) is 0 Å². The Morgan fingerprint density at radius 1 is 1.29 bits per heavy atom. The highest BCUT2D eigenvalue weighted by Crippen LogP contribution is 2.30. The maximum atomic E-state index is 10.9. The number of rotatable bonds is 6. The number of carbonyl (C=O) groups is 1. The zero-order valence-corrected chi connectivity index (χ0v) is 15.8. The third-order valence-corrected chi connectivity index (χ3v) is 5.49. The fourth-order valence-corrected chi connectivity index (χ4v) is 3.90. The third-order valence-electron chi connectivity index (χ3n) is 3.09. The molecule has 2 aromatic rings. The maximum absolute atomic E-state index is 10.9. The van der Waals surface area contributed by atoms with Gasteiger partial charge in [-0.05, 0) is 54.3 Å². The average Bonchev–Trinajstić information content (AvgIpc) is 2.86. The Hall–Kier alpha value is -0.753. The molecule has 0 N–H and O–H groups in total. The molecule has 2 rings (SSSR count). The molecule has 0 aliphatic carbocycles. The van der Waals surface area contributed by atoms with Gasteiger partial charge in [0, 0.05) is 17.0 Å². The normalized spacial score (nSPS) is 13.1.